The van der Waals surface area contributed by atoms with E-state index in [2.05, 4.69) is 4.72 Å². The van der Waals surface area contributed by atoms with E-state index < -0.39 is 10.0 Å². The van der Waals surface area contributed by atoms with Crippen molar-refractivity contribution in [3.8, 4) is 11.5 Å². The predicted molar refractivity (Wildman–Crippen MR) is 114 cm³/mol. The number of rotatable bonds is 11. The topological polar surface area (TPSA) is 94.2 Å². The van der Waals surface area contributed by atoms with Crippen LogP contribution in [0.15, 0.2) is 47.4 Å². The van der Waals surface area contributed by atoms with Crippen LogP contribution in [0.2, 0.25) is 0 Å². The first-order valence-electron chi connectivity index (χ1n) is 9.40. The lowest BCUT2D eigenvalue weighted by molar-refractivity contribution is 0.0773. The van der Waals surface area contributed by atoms with Crippen LogP contribution in [0.3, 0.4) is 0 Å². The average Bonchev–Trinajstić information content (AvgIpc) is 2.74. The van der Waals surface area contributed by atoms with E-state index in [1.54, 1.807) is 51.4 Å². The Morgan fingerprint density at radius 3 is 2.33 bits per heavy atom. The van der Waals surface area contributed by atoms with Gasteiger partial charge in [-0.1, -0.05) is 6.07 Å². The Morgan fingerprint density at radius 1 is 1.03 bits per heavy atom. The molecule has 0 fully saturated rings. The number of likely N-dealkylation sites (N-methyl/N-ethyl adjacent to an activating group) is 1. The average molecular weight is 437 g/mol. The maximum absolute atomic E-state index is 12.8. The summed E-state index contributed by atoms with van der Waals surface area (Å²) in [6.07, 6.45) is 0. The van der Waals surface area contributed by atoms with Crippen LogP contribution in [0, 0.1) is 6.92 Å². The molecule has 0 aliphatic carbocycles. The normalized spacial score (nSPS) is 11.2. The van der Waals surface area contributed by atoms with Gasteiger partial charge in [0.05, 0.1) is 25.2 Å². The molecule has 0 saturated heterocycles. The summed E-state index contributed by atoms with van der Waals surface area (Å²) in [6.45, 7) is 2.81. The quantitative estimate of drug-likeness (QED) is 0.542. The molecule has 1 amide bonds. The lowest BCUT2D eigenvalue weighted by Crippen LogP contribution is -2.32. The number of hydrogen-bond donors (Lipinski definition) is 1. The number of nitrogens with zero attached hydrogens (tertiary/aromatic N) is 1. The molecule has 9 heteroatoms. The summed E-state index contributed by atoms with van der Waals surface area (Å²) in [6, 6.07) is 11.7. The first-order chi connectivity index (χ1) is 14.3. The molecule has 2 aromatic carbocycles. The highest BCUT2D eigenvalue weighted by Crippen LogP contribution is 2.18. The fourth-order valence-electron chi connectivity index (χ4n) is 2.64. The van der Waals surface area contributed by atoms with Gasteiger partial charge in [0.15, 0.2) is 0 Å². The molecule has 0 atom stereocenters. The molecule has 30 heavy (non-hydrogen) atoms. The molecule has 0 bridgehead atoms. The van der Waals surface area contributed by atoms with Crippen molar-refractivity contribution >= 4 is 15.9 Å². The number of aryl methyl sites for hydroxylation is 1. The number of carbonyl (C=O) groups excluding carboxylic acids is 1. The SMILES string of the molecule is COCCNS(=O)(=O)c1ccc(C)c(C(=O)N(C)CCOc2ccc(OC)cc2)c1. The van der Waals surface area contributed by atoms with E-state index in [4.69, 9.17) is 14.2 Å². The number of benzene rings is 2. The van der Waals surface area contributed by atoms with Crippen LogP contribution >= 0.6 is 0 Å². The molecule has 0 radical (unpaired) electrons. The molecule has 8 nitrogen and oxygen atoms in total. The zero-order chi connectivity index (χ0) is 22.1. The van der Waals surface area contributed by atoms with Crippen molar-refractivity contribution in [1.82, 2.24) is 9.62 Å². The lowest BCUT2D eigenvalue weighted by atomic mass is 10.1. The van der Waals surface area contributed by atoms with Crippen LogP contribution in [-0.4, -0.2) is 66.8 Å². The third-order valence-electron chi connectivity index (χ3n) is 4.45. The van der Waals surface area contributed by atoms with E-state index in [9.17, 15) is 13.2 Å². The van der Waals surface area contributed by atoms with Gasteiger partial charge in [0, 0.05) is 26.3 Å². The van der Waals surface area contributed by atoms with E-state index in [-0.39, 0.29) is 24.0 Å². The first kappa shape index (κ1) is 23.7. The number of carbonyl (C=O) groups is 1. The van der Waals surface area contributed by atoms with Crippen molar-refractivity contribution in [3.05, 3.63) is 53.6 Å². The summed E-state index contributed by atoms with van der Waals surface area (Å²) < 4.78 is 42.9. The standard InChI is InChI=1S/C21H28N2O6S/c1-16-5-10-19(30(25,26)22-11-13-27-3)15-20(16)21(24)23(2)12-14-29-18-8-6-17(28-4)7-9-18/h5-10,15,22H,11-14H2,1-4H3. The van der Waals surface area contributed by atoms with Gasteiger partial charge in [-0.25, -0.2) is 13.1 Å². The van der Waals surface area contributed by atoms with Crippen LogP contribution in [0.5, 0.6) is 11.5 Å². The second kappa shape index (κ2) is 11.0. The van der Waals surface area contributed by atoms with Gasteiger partial charge < -0.3 is 19.1 Å². The van der Waals surface area contributed by atoms with Gasteiger partial charge in [0.1, 0.15) is 18.1 Å². The number of sulfonamides is 1. The van der Waals surface area contributed by atoms with Crippen molar-refractivity contribution in [1.29, 1.82) is 0 Å². The fourth-order valence-corrected chi connectivity index (χ4v) is 3.68. The van der Waals surface area contributed by atoms with Gasteiger partial charge in [0.2, 0.25) is 10.0 Å². The molecule has 164 valence electrons. The third kappa shape index (κ3) is 6.45. The highest BCUT2D eigenvalue weighted by atomic mass is 32.2. The fraction of sp³-hybridized carbons (Fsp3) is 0.381. The van der Waals surface area contributed by atoms with Crippen molar-refractivity contribution in [2.75, 3.05) is 47.6 Å². The Kier molecular flexibility index (Phi) is 8.64. The van der Waals surface area contributed by atoms with Crippen molar-refractivity contribution in [2.45, 2.75) is 11.8 Å². The molecule has 0 aliphatic heterocycles. The van der Waals surface area contributed by atoms with Gasteiger partial charge in [-0.2, -0.15) is 0 Å². The summed E-state index contributed by atoms with van der Waals surface area (Å²) in [5.74, 6) is 1.12. The van der Waals surface area contributed by atoms with Crippen molar-refractivity contribution in [3.63, 3.8) is 0 Å². The van der Waals surface area contributed by atoms with Crippen LogP contribution in [0.25, 0.3) is 0 Å². The van der Waals surface area contributed by atoms with E-state index in [1.165, 1.54) is 24.1 Å². The summed E-state index contributed by atoms with van der Waals surface area (Å²) in [5, 5.41) is 0. The number of amides is 1. The minimum Gasteiger partial charge on any atom is -0.497 e. The third-order valence-corrected chi connectivity index (χ3v) is 5.91. The van der Waals surface area contributed by atoms with Gasteiger partial charge >= 0.3 is 0 Å². The zero-order valence-corrected chi connectivity index (χ0v) is 18.5. The number of hydrogen-bond acceptors (Lipinski definition) is 6. The van der Waals surface area contributed by atoms with E-state index in [0.29, 0.717) is 30.0 Å². The molecule has 2 aromatic rings. The summed E-state index contributed by atoms with van der Waals surface area (Å²) in [4.78, 5) is 14.4. The maximum Gasteiger partial charge on any atom is 0.254 e. The lowest BCUT2D eigenvalue weighted by Gasteiger charge is -2.19. The highest BCUT2D eigenvalue weighted by molar-refractivity contribution is 7.89. The Hall–Kier alpha value is -2.62. The van der Waals surface area contributed by atoms with E-state index >= 15 is 0 Å². The number of ether oxygens (including phenoxy) is 3. The second-order valence-corrected chi connectivity index (χ2v) is 8.38. The van der Waals surface area contributed by atoms with Crippen LogP contribution in [-0.2, 0) is 14.8 Å². The zero-order valence-electron chi connectivity index (χ0n) is 17.7. The largest absolute Gasteiger partial charge is 0.497 e. The molecule has 0 saturated carbocycles. The van der Waals surface area contributed by atoms with Gasteiger partial charge in [0.25, 0.3) is 5.91 Å². The molecule has 0 aliphatic rings. The maximum atomic E-state index is 12.8. The summed E-state index contributed by atoms with van der Waals surface area (Å²) >= 11 is 0. The van der Waals surface area contributed by atoms with E-state index in [1.807, 2.05) is 0 Å². The molecule has 0 spiro atoms. The molecule has 2 rings (SSSR count). The Labute approximate surface area is 177 Å². The predicted octanol–water partition coefficient (Wildman–Crippen LogP) is 2.08. The second-order valence-electron chi connectivity index (χ2n) is 6.62. The Morgan fingerprint density at radius 2 is 1.70 bits per heavy atom. The molecule has 0 heterocycles. The van der Waals surface area contributed by atoms with Crippen LogP contribution < -0.4 is 14.2 Å². The Balaban J connectivity index is 2.02. The number of methoxy groups -OCH3 is 2. The summed E-state index contributed by atoms with van der Waals surface area (Å²) in [7, 11) is 1.01. The van der Waals surface area contributed by atoms with Crippen LogP contribution in [0.1, 0.15) is 15.9 Å². The molecule has 0 aromatic heterocycles. The van der Waals surface area contributed by atoms with Crippen LogP contribution in [0.4, 0.5) is 0 Å². The minimum atomic E-state index is -3.73. The molecular weight excluding hydrogens is 408 g/mol. The van der Waals surface area contributed by atoms with Gasteiger partial charge in [-0.15, -0.1) is 0 Å². The minimum absolute atomic E-state index is 0.0374. The highest BCUT2D eigenvalue weighted by Gasteiger charge is 2.20. The van der Waals surface area contributed by atoms with Crippen molar-refractivity contribution < 1.29 is 27.4 Å². The monoisotopic (exact) mass is 436 g/mol. The van der Waals surface area contributed by atoms with E-state index in [0.717, 1.165) is 5.75 Å². The van der Waals surface area contributed by atoms with Gasteiger partial charge in [-0.05, 0) is 48.9 Å². The van der Waals surface area contributed by atoms with Gasteiger partial charge in [-0.3, -0.25) is 4.79 Å². The molecule has 1 N–H and O–H groups in total. The summed E-state index contributed by atoms with van der Waals surface area (Å²) in [5.41, 5.74) is 1.02. The smallest absolute Gasteiger partial charge is 0.254 e. The van der Waals surface area contributed by atoms with Crippen molar-refractivity contribution in [2.24, 2.45) is 0 Å². The number of nitrogens with one attached hydrogen (secondary N) is 1. The molecular formula is C21H28N2O6S. The Bertz CT molecular complexity index is 944. The molecule has 0 unspecified atom stereocenters. The first-order valence-corrected chi connectivity index (χ1v) is 10.9.